The molecule has 1 saturated carbocycles. The Morgan fingerprint density at radius 3 is 2.79 bits per heavy atom. The lowest BCUT2D eigenvalue weighted by Crippen LogP contribution is -2.31. The summed E-state index contributed by atoms with van der Waals surface area (Å²) in [5.74, 6) is -2.23. The standard InChI is InChI=1S/C10H15F2NO/c11-10(12)4-5-13(7-10)6-8-2-1-3-9(8)14/h8H,1-7H2. The second kappa shape index (κ2) is 3.57. The highest BCUT2D eigenvalue weighted by molar-refractivity contribution is 5.83. The third kappa shape index (κ3) is 2.11. The molecule has 2 nitrogen and oxygen atoms in total. The molecule has 80 valence electrons. The fraction of sp³-hybridized carbons (Fsp3) is 0.900. The molecule has 0 N–H and O–H groups in total. The average Bonchev–Trinajstić information content (AvgIpc) is 2.61. The Morgan fingerprint density at radius 2 is 2.29 bits per heavy atom. The molecular formula is C10H15F2NO. The van der Waals surface area contributed by atoms with Crippen molar-refractivity contribution in [2.24, 2.45) is 5.92 Å². The van der Waals surface area contributed by atoms with Crippen LogP contribution in [0.25, 0.3) is 0 Å². The summed E-state index contributed by atoms with van der Waals surface area (Å²) in [6, 6.07) is 0. The maximum Gasteiger partial charge on any atom is 0.261 e. The van der Waals surface area contributed by atoms with Gasteiger partial charge in [0.15, 0.2) is 0 Å². The number of hydrogen-bond acceptors (Lipinski definition) is 2. The molecule has 0 spiro atoms. The van der Waals surface area contributed by atoms with Gasteiger partial charge >= 0.3 is 0 Å². The smallest absolute Gasteiger partial charge is 0.261 e. The highest BCUT2D eigenvalue weighted by Gasteiger charge is 2.39. The second-order valence-corrected chi connectivity index (χ2v) is 4.40. The van der Waals surface area contributed by atoms with E-state index < -0.39 is 5.92 Å². The van der Waals surface area contributed by atoms with Gasteiger partial charge in [0, 0.05) is 31.8 Å². The van der Waals surface area contributed by atoms with Crippen molar-refractivity contribution in [3.8, 4) is 0 Å². The Kier molecular flexibility index (Phi) is 2.56. The normalized spacial score (nSPS) is 32.7. The number of likely N-dealkylation sites (tertiary alicyclic amines) is 1. The lowest BCUT2D eigenvalue weighted by Gasteiger charge is -2.18. The van der Waals surface area contributed by atoms with E-state index in [0.29, 0.717) is 19.5 Å². The zero-order valence-electron chi connectivity index (χ0n) is 8.14. The van der Waals surface area contributed by atoms with Crippen molar-refractivity contribution in [3.05, 3.63) is 0 Å². The zero-order chi connectivity index (χ0) is 10.2. The third-order valence-corrected chi connectivity index (χ3v) is 3.16. The van der Waals surface area contributed by atoms with Gasteiger partial charge in [0.1, 0.15) is 5.78 Å². The van der Waals surface area contributed by atoms with Gasteiger partial charge in [0.25, 0.3) is 5.92 Å². The van der Waals surface area contributed by atoms with Crippen molar-refractivity contribution in [2.45, 2.75) is 31.6 Å². The van der Waals surface area contributed by atoms with Gasteiger partial charge in [-0.2, -0.15) is 0 Å². The quantitative estimate of drug-likeness (QED) is 0.680. The molecule has 1 atom stereocenters. The van der Waals surface area contributed by atoms with Gasteiger partial charge in [-0.3, -0.25) is 9.69 Å². The summed E-state index contributed by atoms with van der Waals surface area (Å²) < 4.78 is 25.7. The van der Waals surface area contributed by atoms with E-state index in [9.17, 15) is 13.6 Å². The number of hydrogen-bond donors (Lipinski definition) is 0. The SMILES string of the molecule is O=C1CCCC1CN1CCC(F)(F)C1. The van der Waals surface area contributed by atoms with Crippen LogP contribution in [0.5, 0.6) is 0 Å². The predicted molar refractivity (Wildman–Crippen MR) is 48.4 cm³/mol. The van der Waals surface area contributed by atoms with Crippen molar-refractivity contribution < 1.29 is 13.6 Å². The van der Waals surface area contributed by atoms with Crippen molar-refractivity contribution >= 4 is 5.78 Å². The molecule has 2 fully saturated rings. The molecule has 4 heteroatoms. The largest absolute Gasteiger partial charge is 0.299 e. The fourth-order valence-corrected chi connectivity index (χ4v) is 2.36. The van der Waals surface area contributed by atoms with Gasteiger partial charge in [-0.15, -0.1) is 0 Å². The number of alkyl halides is 2. The molecule has 1 aliphatic carbocycles. The Morgan fingerprint density at radius 1 is 1.50 bits per heavy atom. The number of ketones is 1. The van der Waals surface area contributed by atoms with Crippen LogP contribution in [-0.4, -0.2) is 36.2 Å². The lowest BCUT2D eigenvalue weighted by molar-refractivity contribution is -0.121. The molecule has 1 aliphatic heterocycles. The van der Waals surface area contributed by atoms with Crippen molar-refractivity contribution in [1.29, 1.82) is 0 Å². The van der Waals surface area contributed by atoms with Gasteiger partial charge in [-0.1, -0.05) is 0 Å². The van der Waals surface area contributed by atoms with Crippen LogP contribution in [-0.2, 0) is 4.79 Å². The predicted octanol–water partition coefficient (Wildman–Crippen LogP) is 1.70. The molecule has 1 heterocycles. The first-order valence-corrected chi connectivity index (χ1v) is 5.20. The minimum Gasteiger partial charge on any atom is -0.299 e. The average molecular weight is 203 g/mol. The van der Waals surface area contributed by atoms with Gasteiger partial charge < -0.3 is 0 Å². The van der Waals surface area contributed by atoms with E-state index in [2.05, 4.69) is 0 Å². The molecule has 0 aromatic carbocycles. The van der Waals surface area contributed by atoms with Crippen LogP contribution >= 0.6 is 0 Å². The molecule has 2 rings (SSSR count). The van der Waals surface area contributed by atoms with Gasteiger partial charge in [-0.25, -0.2) is 8.78 Å². The number of halogens is 2. The van der Waals surface area contributed by atoms with Crippen LogP contribution in [0.2, 0.25) is 0 Å². The lowest BCUT2D eigenvalue weighted by atomic mass is 10.1. The Bertz CT molecular complexity index is 242. The molecule has 1 unspecified atom stereocenters. The summed E-state index contributed by atoms with van der Waals surface area (Å²) in [5.41, 5.74) is 0. The van der Waals surface area contributed by atoms with E-state index in [-0.39, 0.29) is 24.7 Å². The number of Topliss-reactive ketones (excluding diaryl/α,β-unsaturated/α-hetero) is 1. The third-order valence-electron chi connectivity index (χ3n) is 3.16. The van der Waals surface area contributed by atoms with Crippen LogP contribution in [0.15, 0.2) is 0 Å². The van der Waals surface area contributed by atoms with E-state index in [0.717, 1.165) is 12.8 Å². The molecule has 0 radical (unpaired) electrons. The first-order valence-electron chi connectivity index (χ1n) is 5.20. The molecular weight excluding hydrogens is 188 g/mol. The molecule has 14 heavy (non-hydrogen) atoms. The molecule has 0 amide bonds. The number of carbonyl (C=O) groups is 1. The Labute approximate surface area is 82.3 Å². The highest BCUT2D eigenvalue weighted by atomic mass is 19.3. The van der Waals surface area contributed by atoms with Crippen molar-refractivity contribution in [1.82, 2.24) is 4.90 Å². The second-order valence-electron chi connectivity index (χ2n) is 4.40. The van der Waals surface area contributed by atoms with Gasteiger partial charge in [0.05, 0.1) is 6.54 Å². The molecule has 0 aromatic heterocycles. The van der Waals surface area contributed by atoms with Crippen LogP contribution in [0.1, 0.15) is 25.7 Å². The minimum atomic E-state index is -2.53. The van der Waals surface area contributed by atoms with E-state index in [1.165, 1.54) is 0 Å². The summed E-state index contributed by atoms with van der Waals surface area (Å²) in [7, 11) is 0. The van der Waals surface area contributed by atoms with E-state index in [4.69, 9.17) is 0 Å². The summed E-state index contributed by atoms with van der Waals surface area (Å²) in [4.78, 5) is 13.0. The summed E-state index contributed by atoms with van der Waals surface area (Å²) in [6.45, 7) is 0.835. The first-order chi connectivity index (χ1) is 6.57. The maximum atomic E-state index is 12.8. The minimum absolute atomic E-state index is 0.0314. The fourth-order valence-electron chi connectivity index (χ4n) is 2.36. The summed E-state index contributed by atoms with van der Waals surface area (Å²) in [5, 5.41) is 0. The number of rotatable bonds is 2. The number of nitrogens with zero attached hydrogens (tertiary/aromatic N) is 1. The van der Waals surface area contributed by atoms with Crippen molar-refractivity contribution in [3.63, 3.8) is 0 Å². The summed E-state index contributed by atoms with van der Waals surface area (Å²) in [6.07, 6.45) is 2.43. The Hall–Kier alpha value is -0.510. The first kappa shape index (κ1) is 10.0. The molecule has 2 aliphatic rings. The van der Waals surface area contributed by atoms with Crippen LogP contribution in [0, 0.1) is 5.92 Å². The zero-order valence-corrected chi connectivity index (χ0v) is 8.14. The maximum absolute atomic E-state index is 12.8. The summed E-state index contributed by atoms with van der Waals surface area (Å²) >= 11 is 0. The van der Waals surface area contributed by atoms with Crippen molar-refractivity contribution in [2.75, 3.05) is 19.6 Å². The molecule has 0 bridgehead atoms. The van der Waals surface area contributed by atoms with E-state index in [1.807, 2.05) is 0 Å². The van der Waals surface area contributed by atoms with Crippen LogP contribution in [0.4, 0.5) is 8.78 Å². The van der Waals surface area contributed by atoms with Crippen LogP contribution in [0.3, 0.4) is 0 Å². The Balaban J connectivity index is 1.84. The van der Waals surface area contributed by atoms with E-state index >= 15 is 0 Å². The number of carbonyl (C=O) groups excluding carboxylic acids is 1. The van der Waals surface area contributed by atoms with Gasteiger partial charge in [-0.05, 0) is 12.8 Å². The van der Waals surface area contributed by atoms with Gasteiger partial charge in [0.2, 0.25) is 0 Å². The molecule has 0 aromatic rings. The highest BCUT2D eigenvalue weighted by Crippen LogP contribution is 2.29. The monoisotopic (exact) mass is 203 g/mol. The van der Waals surface area contributed by atoms with Crippen LogP contribution < -0.4 is 0 Å². The van der Waals surface area contributed by atoms with E-state index in [1.54, 1.807) is 4.90 Å². The molecule has 1 saturated heterocycles. The topological polar surface area (TPSA) is 20.3 Å².